The lowest BCUT2D eigenvalue weighted by atomic mass is 10.7. The SMILES string of the molecule is CS(=O)(=O)c1ccnc(S(C)(=O)=O)n1. The minimum atomic E-state index is -3.57. The number of aromatic nitrogens is 2. The molecule has 0 aliphatic rings. The zero-order valence-electron chi connectivity index (χ0n) is 7.50. The van der Waals surface area contributed by atoms with E-state index in [9.17, 15) is 16.8 Å². The monoisotopic (exact) mass is 236 g/mol. The fourth-order valence-electron chi connectivity index (χ4n) is 0.710. The zero-order chi connectivity index (χ0) is 11.0. The van der Waals surface area contributed by atoms with Gasteiger partial charge in [0.15, 0.2) is 14.9 Å². The molecule has 1 aromatic heterocycles. The summed E-state index contributed by atoms with van der Waals surface area (Å²) < 4.78 is 44.0. The lowest BCUT2D eigenvalue weighted by Gasteiger charge is -1.98. The van der Waals surface area contributed by atoms with Crippen molar-refractivity contribution in [2.24, 2.45) is 0 Å². The minimum Gasteiger partial charge on any atom is -0.227 e. The second-order valence-electron chi connectivity index (χ2n) is 2.72. The number of rotatable bonds is 2. The summed E-state index contributed by atoms with van der Waals surface area (Å²) in [5.41, 5.74) is 0. The van der Waals surface area contributed by atoms with E-state index >= 15 is 0 Å². The Labute approximate surface area is 81.9 Å². The summed E-state index contributed by atoms with van der Waals surface area (Å²) in [6.07, 6.45) is 2.95. The van der Waals surface area contributed by atoms with Crippen LogP contribution in [0.5, 0.6) is 0 Å². The highest BCUT2D eigenvalue weighted by atomic mass is 32.2. The molecule has 1 heterocycles. The van der Waals surface area contributed by atoms with Gasteiger partial charge in [0, 0.05) is 18.7 Å². The van der Waals surface area contributed by atoms with Gasteiger partial charge in [0.1, 0.15) is 0 Å². The van der Waals surface area contributed by atoms with Crippen LogP contribution < -0.4 is 0 Å². The van der Waals surface area contributed by atoms with E-state index in [0.717, 1.165) is 24.8 Å². The maximum Gasteiger partial charge on any atom is 0.247 e. The Bertz CT molecular complexity index is 500. The van der Waals surface area contributed by atoms with Gasteiger partial charge in [-0.15, -0.1) is 0 Å². The lowest BCUT2D eigenvalue weighted by Crippen LogP contribution is -2.08. The number of nitrogens with zero attached hydrogens (tertiary/aromatic N) is 2. The van der Waals surface area contributed by atoms with Crippen molar-refractivity contribution < 1.29 is 16.8 Å². The molecule has 0 aliphatic carbocycles. The molecule has 0 unspecified atom stereocenters. The van der Waals surface area contributed by atoms with E-state index in [0.29, 0.717) is 0 Å². The van der Waals surface area contributed by atoms with Crippen molar-refractivity contribution in [3.63, 3.8) is 0 Å². The lowest BCUT2D eigenvalue weighted by molar-refractivity contribution is 0.585. The molecule has 8 heteroatoms. The van der Waals surface area contributed by atoms with Gasteiger partial charge in [-0.1, -0.05) is 0 Å². The number of hydrogen-bond acceptors (Lipinski definition) is 6. The summed E-state index contributed by atoms with van der Waals surface area (Å²) >= 11 is 0. The van der Waals surface area contributed by atoms with Crippen molar-refractivity contribution in [1.29, 1.82) is 0 Å². The van der Waals surface area contributed by atoms with E-state index in [1.54, 1.807) is 0 Å². The average Bonchev–Trinajstić information content (AvgIpc) is 2.01. The van der Waals surface area contributed by atoms with Gasteiger partial charge in [0.05, 0.1) is 0 Å². The van der Waals surface area contributed by atoms with E-state index in [1.165, 1.54) is 0 Å². The van der Waals surface area contributed by atoms with Gasteiger partial charge in [0.25, 0.3) is 0 Å². The molecular formula is C6H8N2O4S2. The van der Waals surface area contributed by atoms with Crippen LogP contribution in [0.3, 0.4) is 0 Å². The van der Waals surface area contributed by atoms with E-state index in [2.05, 4.69) is 9.97 Å². The molecule has 14 heavy (non-hydrogen) atoms. The number of hydrogen-bond donors (Lipinski definition) is 0. The third-order valence-corrected chi connectivity index (χ3v) is 3.17. The molecule has 0 saturated heterocycles. The molecule has 0 aliphatic heterocycles. The molecule has 0 amide bonds. The highest BCUT2D eigenvalue weighted by molar-refractivity contribution is 7.91. The quantitative estimate of drug-likeness (QED) is 0.497. The van der Waals surface area contributed by atoms with Crippen molar-refractivity contribution in [3.8, 4) is 0 Å². The third-order valence-electron chi connectivity index (χ3n) is 1.32. The van der Waals surface area contributed by atoms with E-state index in [-0.39, 0.29) is 5.03 Å². The van der Waals surface area contributed by atoms with Crippen LogP contribution in [0.25, 0.3) is 0 Å². The van der Waals surface area contributed by atoms with Gasteiger partial charge in [-0.3, -0.25) is 0 Å². The topological polar surface area (TPSA) is 94.1 Å². The van der Waals surface area contributed by atoms with Gasteiger partial charge in [-0.05, 0) is 6.07 Å². The molecule has 6 nitrogen and oxygen atoms in total. The van der Waals surface area contributed by atoms with E-state index < -0.39 is 24.8 Å². The van der Waals surface area contributed by atoms with Crippen LogP contribution in [-0.2, 0) is 19.7 Å². The van der Waals surface area contributed by atoms with Gasteiger partial charge in [0.2, 0.25) is 15.0 Å². The fourth-order valence-corrected chi connectivity index (χ4v) is 1.84. The molecule has 0 saturated carbocycles. The van der Waals surface area contributed by atoms with Crippen molar-refractivity contribution in [1.82, 2.24) is 9.97 Å². The first-order chi connectivity index (χ1) is 6.21. The molecule has 0 N–H and O–H groups in total. The van der Waals surface area contributed by atoms with Crippen LogP contribution >= 0.6 is 0 Å². The fraction of sp³-hybridized carbons (Fsp3) is 0.333. The molecular weight excluding hydrogens is 228 g/mol. The first kappa shape index (κ1) is 11.1. The van der Waals surface area contributed by atoms with Crippen molar-refractivity contribution in [2.75, 3.05) is 12.5 Å². The molecule has 0 fully saturated rings. The maximum atomic E-state index is 11.0. The van der Waals surface area contributed by atoms with Crippen molar-refractivity contribution in [3.05, 3.63) is 12.3 Å². The van der Waals surface area contributed by atoms with Crippen LogP contribution in [0.1, 0.15) is 0 Å². The van der Waals surface area contributed by atoms with Crippen LogP contribution in [-0.4, -0.2) is 39.3 Å². The third kappa shape index (κ3) is 2.48. The molecule has 0 bridgehead atoms. The zero-order valence-corrected chi connectivity index (χ0v) is 9.13. The largest absolute Gasteiger partial charge is 0.247 e. The summed E-state index contributed by atoms with van der Waals surface area (Å²) in [4.78, 5) is 6.89. The van der Waals surface area contributed by atoms with Crippen molar-refractivity contribution in [2.45, 2.75) is 10.2 Å². The first-order valence-electron chi connectivity index (χ1n) is 3.44. The standard InChI is InChI=1S/C6H8N2O4S2/c1-13(9,10)5-3-4-7-6(8-5)14(2,11)12/h3-4H,1-2H3. The average molecular weight is 236 g/mol. The van der Waals surface area contributed by atoms with Crippen molar-refractivity contribution >= 4 is 19.7 Å². The maximum absolute atomic E-state index is 11.0. The minimum absolute atomic E-state index is 0.298. The Balaban J connectivity index is 3.44. The van der Waals surface area contributed by atoms with E-state index in [4.69, 9.17) is 0 Å². The molecule has 0 aromatic carbocycles. The normalized spacial score (nSPS) is 12.7. The molecule has 0 radical (unpaired) electrons. The smallest absolute Gasteiger partial charge is 0.227 e. The predicted octanol–water partition coefficient (Wildman–Crippen LogP) is -0.716. The summed E-state index contributed by atoms with van der Waals surface area (Å²) in [6.45, 7) is 0. The summed E-state index contributed by atoms with van der Waals surface area (Å²) in [7, 11) is -7.07. The molecule has 1 aromatic rings. The molecule has 78 valence electrons. The van der Waals surface area contributed by atoms with Gasteiger partial charge < -0.3 is 0 Å². The van der Waals surface area contributed by atoms with Gasteiger partial charge in [-0.25, -0.2) is 26.8 Å². The Hall–Kier alpha value is -1.02. The Morgan fingerprint density at radius 2 is 1.64 bits per heavy atom. The second-order valence-corrected chi connectivity index (χ2v) is 6.59. The summed E-state index contributed by atoms with van der Waals surface area (Å²) in [5.74, 6) is 0. The number of sulfone groups is 2. The Morgan fingerprint density at radius 1 is 1.07 bits per heavy atom. The second kappa shape index (κ2) is 3.28. The van der Waals surface area contributed by atoms with Crippen LogP contribution in [0, 0.1) is 0 Å². The van der Waals surface area contributed by atoms with E-state index in [1.807, 2.05) is 0 Å². The Morgan fingerprint density at radius 3 is 2.07 bits per heavy atom. The van der Waals surface area contributed by atoms with Crippen LogP contribution in [0.4, 0.5) is 0 Å². The molecule has 0 atom stereocenters. The molecule has 1 rings (SSSR count). The summed E-state index contributed by atoms with van der Waals surface area (Å²) in [5, 5.41) is -0.784. The highest BCUT2D eigenvalue weighted by Gasteiger charge is 2.15. The summed E-state index contributed by atoms with van der Waals surface area (Å²) in [6, 6.07) is 1.14. The van der Waals surface area contributed by atoms with Gasteiger partial charge >= 0.3 is 0 Å². The van der Waals surface area contributed by atoms with Crippen LogP contribution in [0.2, 0.25) is 0 Å². The Kier molecular flexibility index (Phi) is 2.59. The highest BCUT2D eigenvalue weighted by Crippen LogP contribution is 2.07. The predicted molar refractivity (Wildman–Crippen MR) is 48.3 cm³/mol. The first-order valence-corrected chi connectivity index (χ1v) is 7.23. The van der Waals surface area contributed by atoms with Gasteiger partial charge in [-0.2, -0.15) is 0 Å². The molecule has 0 spiro atoms. The van der Waals surface area contributed by atoms with Crippen LogP contribution in [0.15, 0.2) is 22.4 Å².